The summed E-state index contributed by atoms with van der Waals surface area (Å²) >= 11 is 0. The van der Waals surface area contributed by atoms with Crippen LogP contribution in [0.2, 0.25) is 0 Å². The molecule has 1 aromatic heterocycles. The summed E-state index contributed by atoms with van der Waals surface area (Å²) in [7, 11) is 0. The summed E-state index contributed by atoms with van der Waals surface area (Å²) in [6, 6.07) is 5.36. The smallest absolute Gasteiger partial charge is 0.302 e. The number of rotatable bonds is 4. The SMILES string of the molecule is CC(=O)OC[C@@]12C=C[C@@H](O1)[C@@H]1C(=O)N(Cc3ccccn3)C(=O)[C@H]12. The van der Waals surface area contributed by atoms with Crippen LogP contribution in [0.5, 0.6) is 0 Å². The van der Waals surface area contributed by atoms with Crippen LogP contribution in [-0.2, 0) is 30.4 Å². The lowest BCUT2D eigenvalue weighted by Gasteiger charge is -2.28. The molecule has 2 amide bonds. The number of fused-ring (bicyclic) bond motifs is 5. The minimum absolute atomic E-state index is 0.0626. The highest BCUT2D eigenvalue weighted by Crippen LogP contribution is 2.52. The molecular weight excluding hydrogens is 312 g/mol. The van der Waals surface area contributed by atoms with Gasteiger partial charge in [-0.2, -0.15) is 0 Å². The van der Waals surface area contributed by atoms with Crippen molar-refractivity contribution in [2.75, 3.05) is 6.61 Å². The number of esters is 1. The summed E-state index contributed by atoms with van der Waals surface area (Å²) in [5.41, 5.74) is -0.387. The molecule has 0 radical (unpaired) electrons. The number of pyridine rings is 1. The zero-order chi connectivity index (χ0) is 16.9. The zero-order valence-corrected chi connectivity index (χ0v) is 13.0. The molecule has 0 unspecified atom stereocenters. The number of hydrogen-bond donors (Lipinski definition) is 0. The molecular formula is C17H16N2O5. The molecule has 0 aliphatic carbocycles. The molecule has 124 valence electrons. The van der Waals surface area contributed by atoms with Gasteiger partial charge in [-0.3, -0.25) is 24.3 Å². The van der Waals surface area contributed by atoms with Crippen molar-refractivity contribution in [3.63, 3.8) is 0 Å². The van der Waals surface area contributed by atoms with Crippen molar-refractivity contribution in [1.82, 2.24) is 9.88 Å². The van der Waals surface area contributed by atoms with Gasteiger partial charge in [0.25, 0.3) is 0 Å². The van der Waals surface area contributed by atoms with Gasteiger partial charge < -0.3 is 9.47 Å². The summed E-state index contributed by atoms with van der Waals surface area (Å²) in [4.78, 5) is 42.1. The van der Waals surface area contributed by atoms with Crippen LogP contribution < -0.4 is 0 Å². The number of nitrogens with zero attached hydrogens (tertiary/aromatic N) is 2. The molecule has 3 aliphatic rings. The van der Waals surface area contributed by atoms with Crippen molar-refractivity contribution in [1.29, 1.82) is 0 Å². The number of imide groups is 1. The van der Waals surface area contributed by atoms with Crippen molar-refractivity contribution < 1.29 is 23.9 Å². The molecule has 0 spiro atoms. The van der Waals surface area contributed by atoms with E-state index in [0.29, 0.717) is 5.69 Å². The van der Waals surface area contributed by atoms with Gasteiger partial charge in [0, 0.05) is 13.1 Å². The maximum atomic E-state index is 12.9. The van der Waals surface area contributed by atoms with Gasteiger partial charge in [-0.25, -0.2) is 0 Å². The Morgan fingerprint density at radius 1 is 1.38 bits per heavy atom. The van der Waals surface area contributed by atoms with E-state index in [4.69, 9.17) is 9.47 Å². The van der Waals surface area contributed by atoms with Gasteiger partial charge in [0.05, 0.1) is 30.2 Å². The second kappa shape index (κ2) is 5.24. The maximum Gasteiger partial charge on any atom is 0.302 e. The second-order valence-corrected chi connectivity index (χ2v) is 6.26. The van der Waals surface area contributed by atoms with E-state index in [-0.39, 0.29) is 25.0 Å². The van der Waals surface area contributed by atoms with Gasteiger partial charge >= 0.3 is 5.97 Å². The molecule has 0 saturated carbocycles. The summed E-state index contributed by atoms with van der Waals surface area (Å²) < 4.78 is 10.9. The van der Waals surface area contributed by atoms with Crippen molar-refractivity contribution in [2.24, 2.45) is 11.8 Å². The van der Waals surface area contributed by atoms with Gasteiger partial charge in [0.15, 0.2) is 0 Å². The van der Waals surface area contributed by atoms with Gasteiger partial charge in [-0.05, 0) is 18.2 Å². The molecule has 4 atom stereocenters. The first-order valence-electron chi connectivity index (χ1n) is 7.77. The van der Waals surface area contributed by atoms with Crippen molar-refractivity contribution in [3.8, 4) is 0 Å². The zero-order valence-electron chi connectivity index (χ0n) is 13.0. The molecule has 7 nitrogen and oxygen atoms in total. The number of likely N-dealkylation sites (tertiary alicyclic amines) is 1. The first-order chi connectivity index (χ1) is 11.5. The summed E-state index contributed by atoms with van der Waals surface area (Å²) in [6.45, 7) is 1.38. The van der Waals surface area contributed by atoms with E-state index in [1.54, 1.807) is 30.5 Å². The van der Waals surface area contributed by atoms with E-state index in [2.05, 4.69) is 4.98 Å². The molecule has 2 fully saturated rings. The Hall–Kier alpha value is -2.54. The van der Waals surface area contributed by atoms with Crippen LogP contribution in [0.4, 0.5) is 0 Å². The van der Waals surface area contributed by atoms with E-state index >= 15 is 0 Å². The van der Waals surface area contributed by atoms with Crippen LogP contribution in [0.25, 0.3) is 0 Å². The van der Waals surface area contributed by atoms with Crippen molar-refractivity contribution >= 4 is 17.8 Å². The third-order valence-electron chi connectivity index (χ3n) is 4.79. The van der Waals surface area contributed by atoms with Crippen LogP contribution >= 0.6 is 0 Å². The largest absolute Gasteiger partial charge is 0.462 e. The van der Waals surface area contributed by atoms with E-state index < -0.39 is 29.5 Å². The van der Waals surface area contributed by atoms with Crippen molar-refractivity contribution in [2.45, 2.75) is 25.2 Å². The number of carbonyl (C=O) groups is 3. The fourth-order valence-corrected chi connectivity index (χ4v) is 3.75. The molecule has 2 bridgehead atoms. The third kappa shape index (κ3) is 2.08. The highest BCUT2D eigenvalue weighted by atomic mass is 16.6. The molecule has 0 N–H and O–H groups in total. The quantitative estimate of drug-likeness (QED) is 0.453. The predicted octanol–water partition coefficient (Wildman–Crippen LogP) is 0.453. The van der Waals surface area contributed by atoms with Crippen LogP contribution in [0, 0.1) is 11.8 Å². The molecule has 1 aromatic rings. The number of amides is 2. The van der Waals surface area contributed by atoms with Gasteiger partial charge in [0.2, 0.25) is 11.8 Å². The molecule has 4 rings (SSSR count). The fraction of sp³-hybridized carbons (Fsp3) is 0.412. The highest BCUT2D eigenvalue weighted by Gasteiger charge is 2.67. The molecule has 3 aliphatic heterocycles. The number of ether oxygens (including phenoxy) is 2. The van der Waals surface area contributed by atoms with Crippen LogP contribution in [0.1, 0.15) is 12.6 Å². The lowest BCUT2D eigenvalue weighted by atomic mass is 9.77. The lowest BCUT2D eigenvalue weighted by Crippen LogP contribution is -2.44. The Morgan fingerprint density at radius 2 is 2.21 bits per heavy atom. The normalized spacial score (nSPS) is 33.2. The Labute approximate surface area is 138 Å². The first kappa shape index (κ1) is 15.0. The lowest BCUT2D eigenvalue weighted by molar-refractivity contribution is -0.155. The van der Waals surface area contributed by atoms with Gasteiger partial charge in [-0.15, -0.1) is 0 Å². The molecule has 24 heavy (non-hydrogen) atoms. The average Bonchev–Trinajstić information content (AvgIpc) is 3.21. The Balaban J connectivity index is 1.61. The summed E-state index contributed by atoms with van der Waals surface area (Å²) in [5.74, 6) is -2.20. The topological polar surface area (TPSA) is 85.8 Å². The minimum Gasteiger partial charge on any atom is -0.462 e. The maximum absolute atomic E-state index is 12.9. The third-order valence-corrected chi connectivity index (χ3v) is 4.79. The Bertz CT molecular complexity index is 747. The average molecular weight is 328 g/mol. The highest BCUT2D eigenvalue weighted by molar-refractivity contribution is 6.07. The summed E-state index contributed by atoms with van der Waals surface area (Å²) in [5, 5.41) is 0. The molecule has 0 aromatic carbocycles. The number of aromatic nitrogens is 1. The second-order valence-electron chi connectivity index (χ2n) is 6.26. The predicted molar refractivity (Wildman–Crippen MR) is 80.2 cm³/mol. The van der Waals surface area contributed by atoms with Crippen LogP contribution in [0.15, 0.2) is 36.5 Å². The first-order valence-corrected chi connectivity index (χ1v) is 7.77. The van der Waals surface area contributed by atoms with E-state index in [0.717, 1.165) is 0 Å². The van der Waals surface area contributed by atoms with E-state index in [9.17, 15) is 14.4 Å². The van der Waals surface area contributed by atoms with Crippen LogP contribution in [0.3, 0.4) is 0 Å². The minimum atomic E-state index is -1.04. The van der Waals surface area contributed by atoms with Crippen LogP contribution in [-0.4, -0.2) is 46.0 Å². The molecule has 2 saturated heterocycles. The van der Waals surface area contributed by atoms with Gasteiger partial charge in [-0.1, -0.05) is 12.1 Å². The van der Waals surface area contributed by atoms with E-state index in [1.807, 2.05) is 6.07 Å². The number of carbonyl (C=O) groups excluding carboxylic acids is 3. The van der Waals surface area contributed by atoms with Gasteiger partial charge in [0.1, 0.15) is 12.2 Å². The molecule has 4 heterocycles. The number of hydrogen-bond acceptors (Lipinski definition) is 6. The van der Waals surface area contributed by atoms with Crippen molar-refractivity contribution in [3.05, 3.63) is 42.2 Å². The Morgan fingerprint density at radius 3 is 2.92 bits per heavy atom. The summed E-state index contributed by atoms with van der Waals surface area (Å²) in [6.07, 6.45) is 4.70. The Kier molecular flexibility index (Phi) is 3.28. The van der Waals surface area contributed by atoms with E-state index in [1.165, 1.54) is 11.8 Å². The standard InChI is InChI=1S/C17H16N2O5/c1-10(20)23-9-17-6-5-12(24-17)13-14(17)16(22)19(15(13)21)8-11-4-2-3-7-18-11/h2-7,12-14H,8-9H2,1H3/t12-,13+,14+,17-/m1/s1. The fourth-order valence-electron chi connectivity index (χ4n) is 3.75. The monoisotopic (exact) mass is 328 g/mol. The molecule has 7 heteroatoms.